The molecule has 21 heavy (non-hydrogen) atoms. The van der Waals surface area contributed by atoms with E-state index in [0.29, 0.717) is 0 Å². The molecule has 0 atom stereocenters. The molecule has 3 nitrogen and oxygen atoms in total. The molecule has 1 aliphatic heterocycles. The van der Waals surface area contributed by atoms with E-state index in [1.165, 1.54) is 56.7 Å². The van der Waals surface area contributed by atoms with Gasteiger partial charge in [-0.1, -0.05) is 29.8 Å². The summed E-state index contributed by atoms with van der Waals surface area (Å²) in [7, 11) is 2.22. The third-order valence-corrected chi connectivity index (χ3v) is 5.11. The van der Waals surface area contributed by atoms with E-state index >= 15 is 0 Å². The van der Waals surface area contributed by atoms with Crippen molar-refractivity contribution in [2.45, 2.75) is 31.7 Å². The molecule has 1 aromatic rings. The highest BCUT2D eigenvalue weighted by molar-refractivity contribution is 5.27. The molecule has 0 unspecified atom stereocenters. The number of nitrogens with one attached hydrogen (secondary N) is 1. The topological polar surface area (TPSA) is 18.5 Å². The number of aryl methyl sites for hydroxylation is 1. The number of benzene rings is 1. The Balaban J connectivity index is 1.32. The van der Waals surface area contributed by atoms with Gasteiger partial charge in [0, 0.05) is 45.3 Å². The normalized spacial score (nSPS) is 27.5. The first-order chi connectivity index (χ1) is 10.2. The molecule has 1 aromatic carbocycles. The Kier molecular flexibility index (Phi) is 4.94. The molecule has 2 aliphatic rings. The summed E-state index contributed by atoms with van der Waals surface area (Å²) in [4.78, 5) is 5.01. The predicted octanol–water partition coefficient (Wildman–Crippen LogP) is 2.08. The molecule has 0 aromatic heterocycles. The van der Waals surface area contributed by atoms with Gasteiger partial charge in [0.05, 0.1) is 0 Å². The maximum Gasteiger partial charge on any atom is 0.0110 e. The number of likely N-dealkylation sites (N-methyl/N-ethyl adjacent to an activating group) is 1. The average Bonchev–Trinajstić information content (AvgIpc) is 2.43. The maximum atomic E-state index is 3.74. The van der Waals surface area contributed by atoms with Crippen LogP contribution in [0.5, 0.6) is 0 Å². The first-order valence-corrected chi connectivity index (χ1v) is 8.41. The van der Waals surface area contributed by atoms with Crippen LogP contribution in [0.2, 0.25) is 0 Å². The van der Waals surface area contributed by atoms with E-state index in [1.807, 2.05) is 0 Å². The molecular weight excluding hydrogens is 258 g/mol. The lowest BCUT2D eigenvalue weighted by Gasteiger charge is -2.38. The summed E-state index contributed by atoms with van der Waals surface area (Å²) < 4.78 is 0. The van der Waals surface area contributed by atoms with E-state index in [-0.39, 0.29) is 0 Å². The molecular formula is C18H29N3. The molecule has 0 spiro atoms. The third-order valence-electron chi connectivity index (χ3n) is 5.11. The van der Waals surface area contributed by atoms with Crippen LogP contribution in [-0.2, 0) is 0 Å². The Hall–Kier alpha value is -0.900. The summed E-state index contributed by atoms with van der Waals surface area (Å²) in [6.07, 6.45) is 2.62. The first-order valence-electron chi connectivity index (χ1n) is 8.41. The fourth-order valence-corrected chi connectivity index (χ4v) is 3.48. The SMILES string of the molecule is Cc1cccc(C2CC(NCCN3CCN(C)CC3)C2)c1. The second kappa shape index (κ2) is 6.91. The fraction of sp³-hybridized carbons (Fsp3) is 0.667. The van der Waals surface area contributed by atoms with E-state index in [1.54, 1.807) is 0 Å². The zero-order valence-corrected chi connectivity index (χ0v) is 13.5. The Labute approximate surface area is 129 Å². The van der Waals surface area contributed by atoms with Crippen LogP contribution in [-0.4, -0.2) is 62.2 Å². The Morgan fingerprint density at radius 1 is 1.14 bits per heavy atom. The van der Waals surface area contributed by atoms with Gasteiger partial charge in [-0.2, -0.15) is 0 Å². The van der Waals surface area contributed by atoms with Gasteiger partial charge in [0.25, 0.3) is 0 Å². The maximum absolute atomic E-state index is 3.74. The summed E-state index contributed by atoms with van der Waals surface area (Å²) in [5, 5.41) is 3.74. The van der Waals surface area contributed by atoms with Crippen LogP contribution in [0.3, 0.4) is 0 Å². The molecule has 1 N–H and O–H groups in total. The molecule has 1 aliphatic carbocycles. The number of hydrogen-bond donors (Lipinski definition) is 1. The number of nitrogens with zero attached hydrogens (tertiary/aromatic N) is 2. The van der Waals surface area contributed by atoms with E-state index < -0.39 is 0 Å². The van der Waals surface area contributed by atoms with Gasteiger partial charge < -0.3 is 10.2 Å². The predicted molar refractivity (Wildman–Crippen MR) is 88.9 cm³/mol. The van der Waals surface area contributed by atoms with Gasteiger partial charge in [0.2, 0.25) is 0 Å². The first kappa shape index (κ1) is 15.0. The van der Waals surface area contributed by atoms with Crippen LogP contribution in [0.25, 0.3) is 0 Å². The molecule has 116 valence electrons. The van der Waals surface area contributed by atoms with E-state index in [2.05, 4.69) is 53.4 Å². The van der Waals surface area contributed by atoms with Crippen molar-refractivity contribution in [3.63, 3.8) is 0 Å². The molecule has 0 bridgehead atoms. The lowest BCUT2D eigenvalue weighted by Crippen LogP contribution is -2.48. The lowest BCUT2D eigenvalue weighted by atomic mass is 9.75. The van der Waals surface area contributed by atoms with Gasteiger partial charge >= 0.3 is 0 Å². The fourth-order valence-electron chi connectivity index (χ4n) is 3.48. The Morgan fingerprint density at radius 3 is 2.62 bits per heavy atom. The highest BCUT2D eigenvalue weighted by Crippen LogP contribution is 2.36. The van der Waals surface area contributed by atoms with E-state index in [4.69, 9.17) is 0 Å². The second-order valence-corrected chi connectivity index (χ2v) is 6.88. The molecule has 2 fully saturated rings. The minimum absolute atomic E-state index is 0.739. The van der Waals surface area contributed by atoms with Gasteiger partial charge in [0.15, 0.2) is 0 Å². The second-order valence-electron chi connectivity index (χ2n) is 6.88. The molecule has 3 rings (SSSR count). The standard InChI is InChI=1S/C18H29N3/c1-15-4-3-5-16(12-15)17-13-18(14-17)19-6-7-21-10-8-20(2)9-11-21/h3-5,12,17-19H,6-11,13-14H2,1-2H3. The van der Waals surface area contributed by atoms with Gasteiger partial charge in [0.1, 0.15) is 0 Å². The van der Waals surface area contributed by atoms with Crippen molar-refractivity contribution in [3.05, 3.63) is 35.4 Å². The van der Waals surface area contributed by atoms with Crippen LogP contribution in [0, 0.1) is 6.92 Å². The van der Waals surface area contributed by atoms with Crippen molar-refractivity contribution < 1.29 is 0 Å². The summed E-state index contributed by atoms with van der Waals surface area (Å²) in [5.74, 6) is 0.783. The highest BCUT2D eigenvalue weighted by Gasteiger charge is 2.29. The largest absolute Gasteiger partial charge is 0.313 e. The van der Waals surface area contributed by atoms with Crippen molar-refractivity contribution in [3.8, 4) is 0 Å². The van der Waals surface area contributed by atoms with Crippen LogP contribution in [0.1, 0.15) is 29.9 Å². The summed E-state index contributed by atoms with van der Waals surface area (Å²) >= 11 is 0. The molecule has 1 saturated heterocycles. The van der Waals surface area contributed by atoms with Gasteiger partial charge in [-0.15, -0.1) is 0 Å². The summed E-state index contributed by atoms with van der Waals surface area (Å²) in [5.41, 5.74) is 2.92. The Morgan fingerprint density at radius 2 is 1.90 bits per heavy atom. The summed E-state index contributed by atoms with van der Waals surface area (Å²) in [6.45, 7) is 9.45. The zero-order chi connectivity index (χ0) is 14.7. The molecule has 1 heterocycles. The minimum atomic E-state index is 0.739. The monoisotopic (exact) mass is 287 g/mol. The highest BCUT2D eigenvalue weighted by atomic mass is 15.2. The van der Waals surface area contributed by atoms with Crippen molar-refractivity contribution >= 4 is 0 Å². The summed E-state index contributed by atoms with van der Waals surface area (Å²) in [6, 6.07) is 9.76. The van der Waals surface area contributed by atoms with Crippen LogP contribution < -0.4 is 5.32 Å². The van der Waals surface area contributed by atoms with Crippen molar-refractivity contribution in [1.29, 1.82) is 0 Å². The van der Waals surface area contributed by atoms with Crippen LogP contribution in [0.4, 0.5) is 0 Å². The molecule has 0 radical (unpaired) electrons. The van der Waals surface area contributed by atoms with Crippen LogP contribution in [0.15, 0.2) is 24.3 Å². The van der Waals surface area contributed by atoms with E-state index in [9.17, 15) is 0 Å². The Bertz CT molecular complexity index is 446. The zero-order valence-electron chi connectivity index (χ0n) is 13.5. The van der Waals surface area contributed by atoms with Crippen molar-refractivity contribution in [2.24, 2.45) is 0 Å². The molecule has 0 amide bonds. The lowest BCUT2D eigenvalue weighted by molar-refractivity contribution is 0.150. The molecule has 3 heteroatoms. The molecule has 1 saturated carbocycles. The van der Waals surface area contributed by atoms with Gasteiger partial charge in [-0.25, -0.2) is 0 Å². The van der Waals surface area contributed by atoms with Crippen molar-refractivity contribution in [1.82, 2.24) is 15.1 Å². The van der Waals surface area contributed by atoms with Gasteiger partial charge in [-0.05, 0) is 38.3 Å². The number of rotatable bonds is 5. The van der Waals surface area contributed by atoms with Gasteiger partial charge in [-0.3, -0.25) is 4.90 Å². The van der Waals surface area contributed by atoms with Crippen molar-refractivity contribution in [2.75, 3.05) is 46.3 Å². The van der Waals surface area contributed by atoms with E-state index in [0.717, 1.165) is 18.5 Å². The number of hydrogen-bond acceptors (Lipinski definition) is 3. The quantitative estimate of drug-likeness (QED) is 0.894. The number of piperazine rings is 1. The average molecular weight is 287 g/mol. The smallest absolute Gasteiger partial charge is 0.0110 e. The third kappa shape index (κ3) is 4.06. The van der Waals surface area contributed by atoms with Crippen LogP contribution >= 0.6 is 0 Å². The minimum Gasteiger partial charge on any atom is -0.313 e.